The highest BCUT2D eigenvalue weighted by Gasteiger charge is 2.53. The van der Waals surface area contributed by atoms with Gasteiger partial charge in [0, 0.05) is 37.7 Å². The zero-order valence-corrected chi connectivity index (χ0v) is 16.6. The molecule has 1 aliphatic rings. The van der Waals surface area contributed by atoms with Crippen LogP contribution in [0.4, 0.5) is 0 Å². The molecule has 1 fully saturated rings. The van der Waals surface area contributed by atoms with E-state index in [1.807, 2.05) is 31.3 Å². The molecule has 0 saturated carbocycles. The SMILES string of the molecule is CN=C(NCCCOCc1ccc(OC)cc1)N1CC(C)(C)C1(C)C. The number of aliphatic imine (C=N–C) groups is 1. The molecule has 1 N–H and O–H groups in total. The number of nitrogens with one attached hydrogen (secondary N) is 1. The van der Waals surface area contributed by atoms with Crippen LogP contribution in [-0.2, 0) is 11.3 Å². The van der Waals surface area contributed by atoms with Crippen LogP contribution >= 0.6 is 0 Å². The summed E-state index contributed by atoms with van der Waals surface area (Å²) < 4.78 is 10.9. The van der Waals surface area contributed by atoms with Gasteiger partial charge in [-0.15, -0.1) is 0 Å². The number of rotatable bonds is 7. The molecule has 0 amide bonds. The van der Waals surface area contributed by atoms with Gasteiger partial charge in [-0.2, -0.15) is 0 Å². The van der Waals surface area contributed by atoms with Crippen LogP contribution in [0.5, 0.6) is 5.75 Å². The minimum Gasteiger partial charge on any atom is -0.497 e. The minimum atomic E-state index is 0.125. The summed E-state index contributed by atoms with van der Waals surface area (Å²) >= 11 is 0. The predicted molar refractivity (Wildman–Crippen MR) is 103 cm³/mol. The zero-order valence-electron chi connectivity index (χ0n) is 16.6. The van der Waals surface area contributed by atoms with E-state index in [4.69, 9.17) is 9.47 Å². The first-order chi connectivity index (χ1) is 11.8. The van der Waals surface area contributed by atoms with Gasteiger partial charge in [0.25, 0.3) is 0 Å². The molecule has 0 spiro atoms. The number of hydrogen-bond donors (Lipinski definition) is 1. The number of likely N-dealkylation sites (tertiary alicyclic amines) is 1. The molecule has 1 saturated heterocycles. The first-order valence-corrected chi connectivity index (χ1v) is 9.01. The summed E-state index contributed by atoms with van der Waals surface area (Å²) in [6, 6.07) is 7.99. The summed E-state index contributed by atoms with van der Waals surface area (Å²) in [5, 5.41) is 3.46. The summed E-state index contributed by atoms with van der Waals surface area (Å²) in [6.07, 6.45) is 0.951. The van der Waals surface area contributed by atoms with Crippen LogP contribution in [0.1, 0.15) is 39.7 Å². The molecule has 0 bridgehead atoms. The molecule has 0 atom stereocenters. The average Bonchev–Trinajstić information content (AvgIpc) is 2.60. The van der Waals surface area contributed by atoms with Crippen LogP contribution < -0.4 is 10.1 Å². The summed E-state index contributed by atoms with van der Waals surface area (Å²) in [5.41, 5.74) is 1.60. The van der Waals surface area contributed by atoms with Crippen molar-refractivity contribution in [1.82, 2.24) is 10.2 Å². The maximum atomic E-state index is 5.75. The second-order valence-electron chi connectivity index (χ2n) is 7.76. The lowest BCUT2D eigenvalue weighted by Crippen LogP contribution is -2.72. The lowest BCUT2D eigenvalue weighted by molar-refractivity contribution is -0.0667. The van der Waals surface area contributed by atoms with Crippen molar-refractivity contribution >= 4 is 5.96 Å². The molecular formula is C20H33N3O2. The Bertz CT molecular complexity index is 579. The monoisotopic (exact) mass is 347 g/mol. The van der Waals surface area contributed by atoms with Gasteiger partial charge in [-0.3, -0.25) is 4.99 Å². The van der Waals surface area contributed by atoms with E-state index in [-0.39, 0.29) is 5.54 Å². The molecule has 1 aromatic carbocycles. The molecule has 1 heterocycles. The van der Waals surface area contributed by atoms with Crippen LogP contribution in [0.15, 0.2) is 29.3 Å². The molecule has 2 rings (SSSR count). The largest absolute Gasteiger partial charge is 0.497 e. The fourth-order valence-corrected chi connectivity index (χ4v) is 2.98. The first kappa shape index (κ1) is 19.6. The van der Waals surface area contributed by atoms with E-state index >= 15 is 0 Å². The van der Waals surface area contributed by atoms with Gasteiger partial charge >= 0.3 is 0 Å². The smallest absolute Gasteiger partial charge is 0.194 e. The Morgan fingerprint density at radius 1 is 1.20 bits per heavy atom. The molecule has 1 aromatic rings. The highest BCUT2D eigenvalue weighted by Crippen LogP contribution is 2.46. The van der Waals surface area contributed by atoms with Crippen LogP contribution in [0.25, 0.3) is 0 Å². The number of benzene rings is 1. The maximum absolute atomic E-state index is 5.75. The second-order valence-corrected chi connectivity index (χ2v) is 7.76. The van der Waals surface area contributed by atoms with Gasteiger partial charge < -0.3 is 19.7 Å². The number of guanidine groups is 1. The second kappa shape index (κ2) is 8.09. The molecule has 25 heavy (non-hydrogen) atoms. The van der Waals surface area contributed by atoms with Crippen molar-refractivity contribution in [2.24, 2.45) is 10.4 Å². The van der Waals surface area contributed by atoms with Gasteiger partial charge in [0.2, 0.25) is 0 Å². The Kier molecular flexibility index (Phi) is 6.33. The number of nitrogens with zero attached hydrogens (tertiary/aromatic N) is 2. The number of ether oxygens (including phenoxy) is 2. The van der Waals surface area contributed by atoms with Gasteiger partial charge in [0.15, 0.2) is 5.96 Å². The molecule has 140 valence electrons. The molecular weight excluding hydrogens is 314 g/mol. The molecule has 0 radical (unpaired) electrons. The lowest BCUT2D eigenvalue weighted by atomic mass is 9.65. The van der Waals surface area contributed by atoms with E-state index in [1.54, 1.807) is 7.11 Å². The molecule has 0 aliphatic carbocycles. The van der Waals surface area contributed by atoms with Crippen LogP contribution in [0, 0.1) is 5.41 Å². The summed E-state index contributed by atoms with van der Waals surface area (Å²) in [6.45, 7) is 12.4. The normalized spacial score (nSPS) is 18.6. The molecule has 0 unspecified atom stereocenters. The van der Waals surface area contributed by atoms with Gasteiger partial charge in [-0.1, -0.05) is 26.0 Å². The molecule has 5 heteroatoms. The standard InChI is InChI=1S/C20H33N3O2/c1-19(2)15-23(20(19,3)4)18(21-5)22-12-7-13-25-14-16-8-10-17(24-6)11-9-16/h8-11H,7,12-15H2,1-6H3,(H,21,22). The number of methoxy groups -OCH3 is 1. The van der Waals surface area contributed by atoms with Crippen molar-refractivity contribution in [3.8, 4) is 5.75 Å². The van der Waals surface area contributed by atoms with Crippen LogP contribution in [-0.4, -0.2) is 50.3 Å². The third-order valence-corrected chi connectivity index (χ3v) is 5.53. The van der Waals surface area contributed by atoms with Crippen molar-refractivity contribution in [3.63, 3.8) is 0 Å². The van der Waals surface area contributed by atoms with E-state index in [0.717, 1.165) is 43.4 Å². The average molecular weight is 348 g/mol. The Morgan fingerprint density at radius 3 is 2.40 bits per heavy atom. The van der Waals surface area contributed by atoms with Crippen molar-refractivity contribution in [1.29, 1.82) is 0 Å². The van der Waals surface area contributed by atoms with E-state index in [0.29, 0.717) is 12.0 Å². The van der Waals surface area contributed by atoms with E-state index in [2.05, 4.69) is 42.9 Å². The van der Waals surface area contributed by atoms with E-state index in [9.17, 15) is 0 Å². The quantitative estimate of drug-likeness (QED) is 0.467. The zero-order chi connectivity index (χ0) is 18.5. The van der Waals surface area contributed by atoms with Crippen molar-refractivity contribution < 1.29 is 9.47 Å². The maximum Gasteiger partial charge on any atom is 0.194 e. The third kappa shape index (κ3) is 4.46. The molecule has 0 aromatic heterocycles. The first-order valence-electron chi connectivity index (χ1n) is 9.01. The fraction of sp³-hybridized carbons (Fsp3) is 0.650. The van der Waals surface area contributed by atoms with Crippen LogP contribution in [0.3, 0.4) is 0 Å². The lowest BCUT2D eigenvalue weighted by Gasteiger charge is -2.62. The fourth-order valence-electron chi connectivity index (χ4n) is 2.98. The summed E-state index contributed by atoms with van der Waals surface area (Å²) in [7, 11) is 3.53. The topological polar surface area (TPSA) is 46.1 Å². The number of hydrogen-bond acceptors (Lipinski definition) is 3. The minimum absolute atomic E-state index is 0.125. The highest BCUT2D eigenvalue weighted by molar-refractivity contribution is 5.81. The highest BCUT2D eigenvalue weighted by atomic mass is 16.5. The Labute approximate surface area is 152 Å². The Morgan fingerprint density at radius 2 is 1.88 bits per heavy atom. The van der Waals surface area contributed by atoms with E-state index < -0.39 is 0 Å². The Balaban J connectivity index is 1.65. The summed E-state index contributed by atoms with van der Waals surface area (Å²) in [5.74, 6) is 1.86. The predicted octanol–water partition coefficient (Wildman–Crippen LogP) is 3.30. The van der Waals surface area contributed by atoms with Gasteiger partial charge in [0.1, 0.15) is 5.75 Å². The molecule has 1 aliphatic heterocycles. The Hall–Kier alpha value is -1.75. The molecule has 5 nitrogen and oxygen atoms in total. The summed E-state index contributed by atoms with van der Waals surface area (Å²) in [4.78, 5) is 6.78. The van der Waals surface area contributed by atoms with Crippen molar-refractivity contribution in [2.75, 3.05) is 33.9 Å². The van der Waals surface area contributed by atoms with Crippen molar-refractivity contribution in [2.45, 2.75) is 46.3 Å². The van der Waals surface area contributed by atoms with Gasteiger partial charge in [-0.05, 0) is 38.0 Å². The van der Waals surface area contributed by atoms with Gasteiger partial charge in [-0.25, -0.2) is 0 Å². The van der Waals surface area contributed by atoms with Crippen LogP contribution in [0.2, 0.25) is 0 Å². The third-order valence-electron chi connectivity index (χ3n) is 5.53. The van der Waals surface area contributed by atoms with Gasteiger partial charge in [0.05, 0.1) is 13.7 Å². The van der Waals surface area contributed by atoms with Crippen molar-refractivity contribution in [3.05, 3.63) is 29.8 Å². The van der Waals surface area contributed by atoms with E-state index in [1.165, 1.54) is 0 Å².